The average molecular weight is 425 g/mol. The average Bonchev–Trinajstić information content (AvgIpc) is 3.14. The van der Waals surface area contributed by atoms with Crippen LogP contribution in [0, 0.1) is 6.92 Å². The van der Waals surface area contributed by atoms with Gasteiger partial charge in [0.1, 0.15) is 5.76 Å². The van der Waals surface area contributed by atoms with Gasteiger partial charge in [-0.1, -0.05) is 23.4 Å². The number of carbonyl (C=O) groups is 2. The smallest absolute Gasteiger partial charge is 0.254 e. The summed E-state index contributed by atoms with van der Waals surface area (Å²) in [5.41, 5.74) is 1.91. The van der Waals surface area contributed by atoms with Gasteiger partial charge < -0.3 is 14.3 Å². The van der Waals surface area contributed by atoms with Gasteiger partial charge in [-0.15, -0.1) is 0 Å². The SMILES string of the molecule is Cc1cc(CN2CCC3(CC2)C(C(=O)N(C)C)c2ccccc2C(=O)N3C(C)C)no1. The summed E-state index contributed by atoms with van der Waals surface area (Å²) < 4.78 is 5.21. The van der Waals surface area contributed by atoms with Gasteiger partial charge in [-0.3, -0.25) is 14.5 Å². The molecule has 0 aliphatic carbocycles. The van der Waals surface area contributed by atoms with Gasteiger partial charge in [-0.2, -0.15) is 0 Å². The van der Waals surface area contributed by atoms with Crippen LogP contribution < -0.4 is 0 Å². The van der Waals surface area contributed by atoms with Gasteiger partial charge in [0.25, 0.3) is 5.91 Å². The fraction of sp³-hybridized carbons (Fsp3) is 0.542. The van der Waals surface area contributed by atoms with Gasteiger partial charge in [0.15, 0.2) is 0 Å². The molecule has 0 N–H and O–H groups in total. The molecule has 2 aliphatic rings. The molecule has 1 spiro atoms. The number of amides is 2. The lowest BCUT2D eigenvalue weighted by Gasteiger charge is -2.56. The maximum absolute atomic E-state index is 13.6. The summed E-state index contributed by atoms with van der Waals surface area (Å²) in [6, 6.07) is 9.60. The summed E-state index contributed by atoms with van der Waals surface area (Å²) in [5, 5.41) is 4.12. The first-order chi connectivity index (χ1) is 14.7. The summed E-state index contributed by atoms with van der Waals surface area (Å²) >= 11 is 0. The summed E-state index contributed by atoms with van der Waals surface area (Å²) in [7, 11) is 3.60. The lowest BCUT2D eigenvalue weighted by molar-refractivity contribution is -0.136. The number of hydrogen-bond donors (Lipinski definition) is 0. The number of likely N-dealkylation sites (tertiary alicyclic amines) is 1. The molecule has 4 rings (SSSR count). The maximum atomic E-state index is 13.6. The highest BCUT2D eigenvalue weighted by molar-refractivity contribution is 6.02. The van der Waals surface area contributed by atoms with Crippen molar-refractivity contribution >= 4 is 11.8 Å². The number of hydrogen-bond acceptors (Lipinski definition) is 5. The minimum Gasteiger partial charge on any atom is -0.361 e. The molecule has 1 aromatic heterocycles. The molecule has 166 valence electrons. The molecule has 1 saturated heterocycles. The highest BCUT2D eigenvalue weighted by atomic mass is 16.5. The van der Waals surface area contributed by atoms with E-state index >= 15 is 0 Å². The third-order valence-corrected chi connectivity index (χ3v) is 6.73. The topological polar surface area (TPSA) is 69.9 Å². The van der Waals surface area contributed by atoms with Gasteiger partial charge in [0.05, 0.1) is 17.2 Å². The van der Waals surface area contributed by atoms with Crippen LogP contribution in [-0.4, -0.2) is 70.4 Å². The molecular formula is C24H32N4O3. The van der Waals surface area contributed by atoms with E-state index in [1.807, 2.05) is 42.2 Å². The predicted octanol–water partition coefficient (Wildman–Crippen LogP) is 3.05. The van der Waals surface area contributed by atoms with Crippen LogP contribution in [0.3, 0.4) is 0 Å². The van der Waals surface area contributed by atoms with Gasteiger partial charge in [-0.05, 0) is 45.2 Å². The van der Waals surface area contributed by atoms with Crippen LogP contribution in [0.2, 0.25) is 0 Å². The van der Waals surface area contributed by atoms with Crippen molar-refractivity contribution < 1.29 is 14.1 Å². The molecule has 1 unspecified atom stereocenters. The molecule has 0 radical (unpaired) electrons. The normalized spacial score (nSPS) is 20.9. The molecule has 2 amide bonds. The van der Waals surface area contributed by atoms with Gasteiger partial charge in [0, 0.05) is 51.4 Å². The summed E-state index contributed by atoms with van der Waals surface area (Å²) in [6.07, 6.45) is 1.48. The van der Waals surface area contributed by atoms with Crippen molar-refractivity contribution in [3.8, 4) is 0 Å². The fourth-order valence-electron chi connectivity index (χ4n) is 5.42. The second kappa shape index (κ2) is 8.11. The number of likely N-dealkylation sites (N-methyl/N-ethyl adjacent to an activating group) is 1. The Morgan fingerprint density at radius 1 is 1.26 bits per heavy atom. The number of carbonyl (C=O) groups excluding carboxylic acids is 2. The Morgan fingerprint density at radius 3 is 2.52 bits per heavy atom. The van der Waals surface area contributed by atoms with Crippen LogP contribution in [0.5, 0.6) is 0 Å². The second-order valence-electron chi connectivity index (χ2n) is 9.33. The molecular weight excluding hydrogens is 392 g/mol. The number of rotatable bonds is 4. The second-order valence-corrected chi connectivity index (χ2v) is 9.33. The Balaban J connectivity index is 1.72. The van der Waals surface area contributed by atoms with E-state index in [4.69, 9.17) is 4.52 Å². The molecule has 1 fully saturated rings. The van der Waals surface area contributed by atoms with Crippen LogP contribution in [0.25, 0.3) is 0 Å². The van der Waals surface area contributed by atoms with E-state index in [1.54, 1.807) is 19.0 Å². The molecule has 1 atom stereocenters. The van der Waals surface area contributed by atoms with E-state index in [0.717, 1.165) is 42.9 Å². The molecule has 1 aromatic carbocycles. The fourth-order valence-corrected chi connectivity index (χ4v) is 5.42. The summed E-state index contributed by atoms with van der Waals surface area (Å²) in [6.45, 7) is 8.30. The maximum Gasteiger partial charge on any atom is 0.254 e. The molecule has 0 saturated carbocycles. The number of benzene rings is 1. The quantitative estimate of drug-likeness (QED) is 0.755. The van der Waals surface area contributed by atoms with Crippen molar-refractivity contribution in [2.45, 2.75) is 57.7 Å². The van der Waals surface area contributed by atoms with Crippen molar-refractivity contribution in [3.63, 3.8) is 0 Å². The highest BCUT2D eigenvalue weighted by Crippen LogP contribution is 2.48. The molecule has 7 heteroatoms. The first kappa shape index (κ1) is 21.6. The van der Waals surface area contributed by atoms with E-state index in [2.05, 4.69) is 23.9 Å². The Hall–Kier alpha value is -2.67. The zero-order chi connectivity index (χ0) is 22.3. The molecule has 2 aromatic rings. The first-order valence-corrected chi connectivity index (χ1v) is 11.0. The monoisotopic (exact) mass is 424 g/mol. The van der Waals surface area contributed by atoms with Crippen molar-refractivity contribution in [2.24, 2.45) is 0 Å². The molecule has 7 nitrogen and oxygen atoms in total. The van der Waals surface area contributed by atoms with Crippen molar-refractivity contribution in [2.75, 3.05) is 27.2 Å². The van der Waals surface area contributed by atoms with Crippen LogP contribution in [-0.2, 0) is 11.3 Å². The van der Waals surface area contributed by atoms with Crippen molar-refractivity contribution in [1.29, 1.82) is 0 Å². The van der Waals surface area contributed by atoms with Crippen LogP contribution in [0.1, 0.15) is 60.0 Å². The van der Waals surface area contributed by atoms with Crippen molar-refractivity contribution in [1.82, 2.24) is 19.9 Å². The third kappa shape index (κ3) is 3.65. The van der Waals surface area contributed by atoms with E-state index in [-0.39, 0.29) is 23.8 Å². The zero-order valence-corrected chi connectivity index (χ0v) is 19.1. The van der Waals surface area contributed by atoms with Crippen molar-refractivity contribution in [3.05, 3.63) is 52.9 Å². The number of nitrogens with zero attached hydrogens (tertiary/aromatic N) is 4. The third-order valence-electron chi connectivity index (χ3n) is 6.73. The largest absolute Gasteiger partial charge is 0.361 e. The molecule has 3 heterocycles. The lowest BCUT2D eigenvalue weighted by atomic mass is 9.66. The first-order valence-electron chi connectivity index (χ1n) is 11.0. The highest BCUT2D eigenvalue weighted by Gasteiger charge is 2.56. The minimum atomic E-state index is -0.531. The molecule has 0 bridgehead atoms. The van der Waals surface area contributed by atoms with E-state index in [1.165, 1.54) is 0 Å². The van der Waals surface area contributed by atoms with Gasteiger partial charge in [0.2, 0.25) is 5.91 Å². The number of aryl methyl sites for hydroxylation is 1. The minimum absolute atomic E-state index is 0.00283. The van der Waals surface area contributed by atoms with E-state index < -0.39 is 5.54 Å². The van der Waals surface area contributed by atoms with Crippen LogP contribution in [0.4, 0.5) is 0 Å². The van der Waals surface area contributed by atoms with E-state index in [9.17, 15) is 9.59 Å². The number of aromatic nitrogens is 1. The van der Waals surface area contributed by atoms with Crippen LogP contribution >= 0.6 is 0 Å². The summed E-state index contributed by atoms with van der Waals surface area (Å²) in [5.74, 6) is 0.538. The predicted molar refractivity (Wildman–Crippen MR) is 118 cm³/mol. The Bertz CT molecular complexity index is 973. The number of fused-ring (bicyclic) bond motifs is 1. The zero-order valence-electron chi connectivity index (χ0n) is 19.1. The van der Waals surface area contributed by atoms with Gasteiger partial charge in [-0.25, -0.2) is 0 Å². The van der Waals surface area contributed by atoms with E-state index in [0.29, 0.717) is 12.1 Å². The Morgan fingerprint density at radius 2 is 1.94 bits per heavy atom. The van der Waals surface area contributed by atoms with Gasteiger partial charge >= 0.3 is 0 Å². The Kier molecular flexibility index (Phi) is 5.64. The summed E-state index contributed by atoms with van der Waals surface area (Å²) in [4.78, 5) is 33.2. The molecule has 2 aliphatic heterocycles. The van der Waals surface area contributed by atoms with Crippen LogP contribution in [0.15, 0.2) is 34.9 Å². The Labute approximate surface area is 184 Å². The standard InChI is InChI=1S/C24H32N4O3/c1-16(2)28-22(29)20-9-7-6-8-19(20)21(23(30)26(4)5)24(28)10-12-27(13-11-24)15-18-14-17(3)31-25-18/h6-9,14,16,21H,10-13,15H2,1-5H3. The number of piperidine rings is 1. The molecule has 31 heavy (non-hydrogen) atoms. The lowest BCUT2D eigenvalue weighted by Crippen LogP contribution is -2.66.